The molecular formula is C63H86O10S2. The first-order valence-corrected chi connectivity index (χ1v) is 31.2. The number of carbonyl (C=O) groups is 2. The summed E-state index contributed by atoms with van der Waals surface area (Å²) >= 11 is 0. The normalized spacial score (nSPS) is 18.9. The summed E-state index contributed by atoms with van der Waals surface area (Å²) in [7, 11) is -9.26. The molecule has 2 N–H and O–H groups in total. The lowest BCUT2D eigenvalue weighted by atomic mass is 9.70. The Balaban J connectivity index is 1.27. The fourth-order valence-corrected chi connectivity index (χ4v) is 14.9. The molecule has 4 aromatic rings. The zero-order valence-corrected chi connectivity index (χ0v) is 48.6. The summed E-state index contributed by atoms with van der Waals surface area (Å²) in [6.45, 7) is 23.7. The van der Waals surface area contributed by atoms with Crippen molar-refractivity contribution in [3.63, 3.8) is 0 Å². The number of hydrogen-bond donors (Lipinski definition) is 2. The fourth-order valence-electron chi connectivity index (χ4n) is 12.8. The molecule has 3 fully saturated rings. The molecule has 75 heavy (non-hydrogen) atoms. The summed E-state index contributed by atoms with van der Waals surface area (Å²) in [5, 5.41) is 0. The maximum absolute atomic E-state index is 15.3. The van der Waals surface area contributed by atoms with Crippen LogP contribution in [0.3, 0.4) is 0 Å². The lowest BCUT2D eigenvalue weighted by Crippen LogP contribution is -2.23. The van der Waals surface area contributed by atoms with Gasteiger partial charge in [0.25, 0.3) is 20.2 Å². The molecule has 7 rings (SSSR count). The minimum Gasteiger partial charge on any atom is -0.423 e. The Morgan fingerprint density at radius 1 is 0.520 bits per heavy atom. The molecule has 0 aliphatic heterocycles. The lowest BCUT2D eigenvalue weighted by Gasteiger charge is -2.35. The maximum Gasteiger partial charge on any atom is 0.344 e. The van der Waals surface area contributed by atoms with Gasteiger partial charge < -0.3 is 9.47 Å². The molecule has 0 aromatic heterocycles. The minimum atomic E-state index is -4.67. The molecule has 0 saturated heterocycles. The predicted octanol–water partition coefficient (Wildman–Crippen LogP) is 17.1. The average Bonchev–Trinajstić information content (AvgIpc) is 3.35. The molecule has 0 spiro atoms. The van der Waals surface area contributed by atoms with Crippen LogP contribution in [0.15, 0.2) is 58.3 Å². The van der Waals surface area contributed by atoms with Gasteiger partial charge in [-0.2, -0.15) is 16.8 Å². The van der Waals surface area contributed by atoms with E-state index in [-0.39, 0.29) is 74.6 Å². The third-order valence-electron chi connectivity index (χ3n) is 16.9. The quantitative estimate of drug-likeness (QED) is 0.0591. The number of rotatable bonds is 17. The monoisotopic (exact) mass is 1070 g/mol. The van der Waals surface area contributed by atoms with Gasteiger partial charge in [0.2, 0.25) is 0 Å². The number of benzene rings is 4. The first kappa shape index (κ1) is 58.3. The minimum absolute atomic E-state index is 0.00768. The van der Waals surface area contributed by atoms with Crippen LogP contribution < -0.4 is 9.47 Å². The van der Waals surface area contributed by atoms with Crippen molar-refractivity contribution in [1.29, 1.82) is 0 Å². The zero-order valence-electron chi connectivity index (χ0n) is 47.0. The van der Waals surface area contributed by atoms with Crippen molar-refractivity contribution >= 4 is 32.2 Å². The molecule has 4 aromatic carbocycles. The Kier molecular flexibility index (Phi) is 18.8. The summed E-state index contributed by atoms with van der Waals surface area (Å²) in [6, 6.07) is 15.1. The molecule has 0 radical (unpaired) electrons. The van der Waals surface area contributed by atoms with Gasteiger partial charge in [-0.05, 0) is 191 Å². The molecule has 0 heterocycles. The number of hydrogen-bond acceptors (Lipinski definition) is 8. The van der Waals surface area contributed by atoms with Crippen LogP contribution in [-0.2, 0) is 20.2 Å². The number of esters is 2. The van der Waals surface area contributed by atoms with Gasteiger partial charge in [-0.15, -0.1) is 0 Å². The van der Waals surface area contributed by atoms with Crippen molar-refractivity contribution in [3.8, 4) is 11.5 Å². The summed E-state index contributed by atoms with van der Waals surface area (Å²) < 4.78 is 86.1. The van der Waals surface area contributed by atoms with Crippen molar-refractivity contribution < 1.29 is 45.0 Å². The van der Waals surface area contributed by atoms with Crippen LogP contribution in [0.5, 0.6) is 11.5 Å². The van der Waals surface area contributed by atoms with Gasteiger partial charge in [-0.1, -0.05) is 152 Å². The van der Waals surface area contributed by atoms with Crippen molar-refractivity contribution in [3.05, 3.63) is 115 Å². The maximum atomic E-state index is 15.3. The number of aryl methyl sites for hydroxylation is 1. The van der Waals surface area contributed by atoms with Crippen LogP contribution in [0.25, 0.3) is 0 Å². The summed E-state index contributed by atoms with van der Waals surface area (Å²) in [6.07, 6.45) is 15.0. The van der Waals surface area contributed by atoms with Crippen molar-refractivity contribution in [2.24, 2.45) is 5.92 Å². The van der Waals surface area contributed by atoms with E-state index in [4.69, 9.17) is 9.47 Å². The third-order valence-corrected chi connectivity index (χ3v) is 18.8. The molecule has 12 heteroatoms. The second kappa shape index (κ2) is 24.1. The molecule has 3 saturated carbocycles. The van der Waals surface area contributed by atoms with Gasteiger partial charge in [-0.25, -0.2) is 9.59 Å². The number of ether oxygens (including phenoxy) is 2. The van der Waals surface area contributed by atoms with E-state index in [0.717, 1.165) is 111 Å². The van der Waals surface area contributed by atoms with Crippen LogP contribution in [0.2, 0.25) is 0 Å². The highest BCUT2D eigenvalue weighted by Gasteiger charge is 2.36. The summed E-state index contributed by atoms with van der Waals surface area (Å²) in [5.41, 5.74) is 9.03. The molecule has 3 aliphatic rings. The molecule has 0 amide bonds. The van der Waals surface area contributed by atoms with Crippen LogP contribution in [0.4, 0.5) is 0 Å². The highest BCUT2D eigenvalue weighted by Crippen LogP contribution is 2.48. The molecule has 410 valence electrons. The van der Waals surface area contributed by atoms with Gasteiger partial charge in [0.15, 0.2) is 0 Å². The number of carbonyl (C=O) groups excluding carboxylic acids is 2. The van der Waals surface area contributed by atoms with Crippen LogP contribution >= 0.6 is 0 Å². The molecule has 3 atom stereocenters. The van der Waals surface area contributed by atoms with Gasteiger partial charge in [0.05, 0.1) is 16.0 Å². The Bertz CT molecular complexity index is 2890. The molecule has 0 bridgehead atoms. The Morgan fingerprint density at radius 2 is 1.01 bits per heavy atom. The van der Waals surface area contributed by atoms with Crippen molar-refractivity contribution in [2.75, 3.05) is 0 Å². The Labute approximate surface area is 450 Å². The zero-order chi connectivity index (χ0) is 54.8. The van der Waals surface area contributed by atoms with Crippen LogP contribution in [0, 0.1) is 12.8 Å². The topological polar surface area (TPSA) is 161 Å². The van der Waals surface area contributed by atoms with Gasteiger partial charge in [0, 0.05) is 0 Å². The second-order valence-electron chi connectivity index (χ2n) is 24.3. The van der Waals surface area contributed by atoms with Gasteiger partial charge in [0.1, 0.15) is 16.4 Å². The highest BCUT2D eigenvalue weighted by molar-refractivity contribution is 7.86. The van der Waals surface area contributed by atoms with Crippen LogP contribution in [0.1, 0.15) is 302 Å². The first-order chi connectivity index (χ1) is 35.2. The largest absolute Gasteiger partial charge is 0.423 e. The predicted molar refractivity (Wildman–Crippen MR) is 300 cm³/mol. The van der Waals surface area contributed by atoms with E-state index in [2.05, 4.69) is 65.8 Å². The van der Waals surface area contributed by atoms with Crippen molar-refractivity contribution in [2.45, 2.75) is 242 Å². The molecule has 10 nitrogen and oxygen atoms in total. The lowest BCUT2D eigenvalue weighted by molar-refractivity contribution is 0.0720. The van der Waals surface area contributed by atoms with E-state index in [1.807, 2.05) is 34.6 Å². The van der Waals surface area contributed by atoms with Crippen molar-refractivity contribution in [1.82, 2.24) is 0 Å². The smallest absolute Gasteiger partial charge is 0.344 e. The standard InChI is InChI=1S/C63H86O10S2/c1-36(2)47-29-50(37(3)4)59(51(30-47)38(5)6)63(65)73-57-35-54(58(27-42(57)12)74(66,67)68)41(11)26-43-20-19-25-46(28-43)56-32-48(44-21-15-13-16-22-44)31-55(45-23-17-14-18-24-45)60(56)62(64)72-49-33-52(39(7)8)61(75(69,70)71)53(34-49)40(9)10/h27,29-41,43-46H,13-26,28H2,1-12H3,(H,66,67,68)(H,69,70,71). The van der Waals surface area contributed by atoms with E-state index in [1.54, 1.807) is 25.1 Å². The SMILES string of the molecule is Cc1cc(S(=O)(=O)O)c(C(C)CC2CCCC(c3cc(C4CCCCC4)cc(C4CCCCC4)c3C(=O)Oc3cc(C(C)C)c(S(=O)(=O)O)c(C(C)C)c3)C2)cc1OC(=O)c1c(C(C)C)cc(C(C)C)cc1C(C)C. The summed E-state index contributed by atoms with van der Waals surface area (Å²) in [4.78, 5) is 29.4. The van der Waals surface area contributed by atoms with E-state index < -0.39 is 32.2 Å². The second-order valence-corrected chi connectivity index (χ2v) is 27.0. The third kappa shape index (κ3) is 13.5. The van der Waals surface area contributed by atoms with E-state index in [0.29, 0.717) is 45.7 Å². The first-order valence-electron chi connectivity index (χ1n) is 28.3. The van der Waals surface area contributed by atoms with E-state index in [9.17, 15) is 30.7 Å². The molecular weight excluding hydrogens is 981 g/mol. The van der Waals surface area contributed by atoms with E-state index in [1.165, 1.54) is 18.1 Å². The molecule has 3 unspecified atom stereocenters. The van der Waals surface area contributed by atoms with E-state index >= 15 is 4.79 Å². The average molecular weight is 1070 g/mol. The Morgan fingerprint density at radius 3 is 1.51 bits per heavy atom. The Hall–Kier alpha value is -4.36. The highest BCUT2D eigenvalue weighted by atomic mass is 32.2. The fraction of sp³-hybridized carbons (Fsp3) is 0.587. The van der Waals surface area contributed by atoms with Crippen LogP contribution in [-0.4, -0.2) is 37.9 Å². The summed E-state index contributed by atoms with van der Waals surface area (Å²) in [5.74, 6) is -0.381. The van der Waals surface area contributed by atoms with Gasteiger partial charge in [-0.3, -0.25) is 9.11 Å². The molecule has 3 aliphatic carbocycles. The van der Waals surface area contributed by atoms with Gasteiger partial charge >= 0.3 is 11.9 Å².